The van der Waals surface area contributed by atoms with Gasteiger partial charge in [-0.05, 0) is 31.2 Å². The van der Waals surface area contributed by atoms with Crippen molar-refractivity contribution in [2.45, 2.75) is 6.92 Å². The average molecular weight is 224 g/mol. The third-order valence-electron chi connectivity index (χ3n) is 1.75. The van der Waals surface area contributed by atoms with Crippen LogP contribution in [0.1, 0.15) is 6.92 Å². The zero-order valence-electron chi connectivity index (χ0n) is 8.85. The SMILES string of the molecule is CCOc1ccc(OCC=CCS)cc1. The van der Waals surface area contributed by atoms with E-state index in [1.165, 1.54) is 0 Å². The standard InChI is InChI=1S/C12H16O2S/c1-2-13-11-5-7-12(8-6-11)14-9-3-4-10-15/h3-8,15H,2,9-10H2,1H3. The van der Waals surface area contributed by atoms with Crippen molar-refractivity contribution in [3.05, 3.63) is 36.4 Å². The minimum Gasteiger partial charge on any atom is -0.494 e. The van der Waals surface area contributed by atoms with E-state index in [2.05, 4.69) is 12.6 Å². The second-order valence-electron chi connectivity index (χ2n) is 2.87. The Morgan fingerprint density at radius 1 is 1.07 bits per heavy atom. The molecular weight excluding hydrogens is 208 g/mol. The van der Waals surface area contributed by atoms with Gasteiger partial charge in [-0.3, -0.25) is 0 Å². The minimum atomic E-state index is 0.578. The summed E-state index contributed by atoms with van der Waals surface area (Å²) in [7, 11) is 0. The molecule has 0 heterocycles. The molecule has 15 heavy (non-hydrogen) atoms. The summed E-state index contributed by atoms with van der Waals surface area (Å²) >= 11 is 4.06. The van der Waals surface area contributed by atoms with Crippen LogP contribution in [0.15, 0.2) is 36.4 Å². The first-order valence-corrected chi connectivity index (χ1v) is 5.61. The molecule has 0 aromatic heterocycles. The van der Waals surface area contributed by atoms with Gasteiger partial charge in [-0.1, -0.05) is 12.2 Å². The third kappa shape index (κ3) is 4.79. The molecule has 3 heteroatoms. The van der Waals surface area contributed by atoms with Crippen LogP contribution in [0, 0.1) is 0 Å². The summed E-state index contributed by atoms with van der Waals surface area (Å²) in [5.41, 5.74) is 0. The number of ether oxygens (including phenoxy) is 2. The maximum atomic E-state index is 5.46. The zero-order valence-corrected chi connectivity index (χ0v) is 9.74. The van der Waals surface area contributed by atoms with Crippen molar-refractivity contribution in [1.82, 2.24) is 0 Å². The molecule has 0 amide bonds. The number of benzene rings is 1. The lowest BCUT2D eigenvalue weighted by Gasteiger charge is -2.05. The van der Waals surface area contributed by atoms with E-state index in [1.807, 2.05) is 43.3 Å². The van der Waals surface area contributed by atoms with Crippen molar-refractivity contribution < 1.29 is 9.47 Å². The fraction of sp³-hybridized carbons (Fsp3) is 0.333. The Hall–Kier alpha value is -1.09. The first-order valence-electron chi connectivity index (χ1n) is 4.98. The van der Waals surface area contributed by atoms with Crippen molar-refractivity contribution in [3.63, 3.8) is 0 Å². The molecule has 0 saturated carbocycles. The highest BCUT2D eigenvalue weighted by Crippen LogP contribution is 2.17. The van der Waals surface area contributed by atoms with Crippen LogP contribution in [-0.4, -0.2) is 19.0 Å². The molecule has 0 aliphatic carbocycles. The van der Waals surface area contributed by atoms with E-state index in [9.17, 15) is 0 Å². The van der Waals surface area contributed by atoms with Crippen LogP contribution in [0.2, 0.25) is 0 Å². The van der Waals surface area contributed by atoms with Crippen molar-refractivity contribution in [3.8, 4) is 11.5 Å². The number of rotatable bonds is 6. The Morgan fingerprint density at radius 2 is 1.67 bits per heavy atom. The van der Waals surface area contributed by atoms with E-state index in [0.29, 0.717) is 13.2 Å². The maximum Gasteiger partial charge on any atom is 0.120 e. The molecule has 1 aromatic carbocycles. The second-order valence-corrected chi connectivity index (χ2v) is 3.23. The summed E-state index contributed by atoms with van der Waals surface area (Å²) in [6.07, 6.45) is 3.90. The highest BCUT2D eigenvalue weighted by Gasteiger charge is 1.93. The predicted molar refractivity (Wildman–Crippen MR) is 66.1 cm³/mol. The monoisotopic (exact) mass is 224 g/mol. The molecular formula is C12H16O2S. The van der Waals surface area contributed by atoms with Crippen LogP contribution in [0.5, 0.6) is 11.5 Å². The summed E-state index contributed by atoms with van der Waals surface area (Å²) in [5, 5.41) is 0. The van der Waals surface area contributed by atoms with Gasteiger partial charge in [-0.15, -0.1) is 0 Å². The van der Waals surface area contributed by atoms with E-state index >= 15 is 0 Å². The summed E-state index contributed by atoms with van der Waals surface area (Å²) in [6.45, 7) is 3.23. The van der Waals surface area contributed by atoms with Crippen molar-refractivity contribution in [2.24, 2.45) is 0 Å². The molecule has 0 aliphatic heterocycles. The van der Waals surface area contributed by atoms with E-state index in [0.717, 1.165) is 17.3 Å². The van der Waals surface area contributed by atoms with Gasteiger partial charge >= 0.3 is 0 Å². The first kappa shape index (κ1) is 12.0. The molecule has 0 spiro atoms. The first-order chi connectivity index (χ1) is 7.36. The maximum absolute atomic E-state index is 5.46. The number of hydrogen-bond acceptors (Lipinski definition) is 3. The van der Waals surface area contributed by atoms with Gasteiger partial charge in [0.2, 0.25) is 0 Å². The summed E-state index contributed by atoms with van der Waals surface area (Å²) in [5.74, 6) is 2.46. The molecule has 1 rings (SSSR count). The van der Waals surface area contributed by atoms with E-state index in [1.54, 1.807) is 0 Å². The smallest absolute Gasteiger partial charge is 0.120 e. The van der Waals surface area contributed by atoms with Gasteiger partial charge in [0.05, 0.1) is 6.61 Å². The summed E-state index contributed by atoms with van der Waals surface area (Å²) in [6, 6.07) is 7.61. The van der Waals surface area contributed by atoms with E-state index in [4.69, 9.17) is 9.47 Å². The van der Waals surface area contributed by atoms with Gasteiger partial charge in [0.25, 0.3) is 0 Å². The van der Waals surface area contributed by atoms with Crippen molar-refractivity contribution in [2.75, 3.05) is 19.0 Å². The van der Waals surface area contributed by atoms with Crippen LogP contribution >= 0.6 is 12.6 Å². The van der Waals surface area contributed by atoms with Crippen LogP contribution in [0.3, 0.4) is 0 Å². The molecule has 1 aromatic rings. The van der Waals surface area contributed by atoms with Crippen molar-refractivity contribution in [1.29, 1.82) is 0 Å². The Morgan fingerprint density at radius 3 is 2.20 bits per heavy atom. The highest BCUT2D eigenvalue weighted by molar-refractivity contribution is 7.80. The van der Waals surface area contributed by atoms with E-state index < -0.39 is 0 Å². The summed E-state index contributed by atoms with van der Waals surface area (Å²) < 4.78 is 10.8. The molecule has 0 bridgehead atoms. The average Bonchev–Trinajstić information content (AvgIpc) is 2.27. The lowest BCUT2D eigenvalue weighted by atomic mass is 10.3. The molecule has 2 nitrogen and oxygen atoms in total. The van der Waals surface area contributed by atoms with Gasteiger partial charge in [0, 0.05) is 5.75 Å². The molecule has 0 radical (unpaired) electrons. The molecule has 0 N–H and O–H groups in total. The third-order valence-corrected chi connectivity index (χ3v) is 1.96. The quantitative estimate of drug-likeness (QED) is 0.591. The zero-order chi connectivity index (χ0) is 10.9. The summed E-state index contributed by atoms with van der Waals surface area (Å²) in [4.78, 5) is 0. The van der Waals surface area contributed by atoms with Gasteiger partial charge in [0.1, 0.15) is 18.1 Å². The molecule has 0 atom stereocenters. The second kappa shape index (κ2) is 7.23. The van der Waals surface area contributed by atoms with Crippen LogP contribution in [0.25, 0.3) is 0 Å². The molecule has 0 saturated heterocycles. The Bertz CT molecular complexity index is 293. The van der Waals surface area contributed by atoms with Gasteiger partial charge in [-0.2, -0.15) is 12.6 Å². The fourth-order valence-corrected chi connectivity index (χ4v) is 1.23. The van der Waals surface area contributed by atoms with Crippen molar-refractivity contribution >= 4 is 12.6 Å². The lowest BCUT2D eigenvalue weighted by molar-refractivity contribution is 0.336. The van der Waals surface area contributed by atoms with Crippen LogP contribution in [0.4, 0.5) is 0 Å². The van der Waals surface area contributed by atoms with E-state index in [-0.39, 0.29) is 0 Å². The predicted octanol–water partition coefficient (Wildman–Crippen LogP) is 2.95. The van der Waals surface area contributed by atoms with Gasteiger partial charge in [-0.25, -0.2) is 0 Å². The molecule has 0 unspecified atom stereocenters. The normalized spacial score (nSPS) is 10.5. The van der Waals surface area contributed by atoms with Gasteiger partial charge < -0.3 is 9.47 Å². The largest absolute Gasteiger partial charge is 0.494 e. The Balaban J connectivity index is 2.39. The topological polar surface area (TPSA) is 18.5 Å². The van der Waals surface area contributed by atoms with Crippen LogP contribution in [-0.2, 0) is 0 Å². The molecule has 0 fully saturated rings. The number of hydrogen-bond donors (Lipinski definition) is 1. The Kier molecular flexibility index (Phi) is 5.78. The minimum absolute atomic E-state index is 0.578. The molecule has 0 aliphatic rings. The molecule has 82 valence electrons. The fourth-order valence-electron chi connectivity index (χ4n) is 1.09. The van der Waals surface area contributed by atoms with Crippen LogP contribution < -0.4 is 9.47 Å². The highest BCUT2D eigenvalue weighted by atomic mass is 32.1. The Labute approximate surface area is 96.3 Å². The lowest BCUT2D eigenvalue weighted by Crippen LogP contribution is -1.94. The number of thiol groups is 1. The van der Waals surface area contributed by atoms with Gasteiger partial charge in [0.15, 0.2) is 0 Å².